The Morgan fingerprint density at radius 1 is 0.800 bits per heavy atom. The minimum atomic E-state index is -0.429. The first-order valence-corrected chi connectivity index (χ1v) is 16.1. The number of para-hydroxylation sites is 2. The molecule has 5 aromatic rings. The van der Waals surface area contributed by atoms with E-state index in [2.05, 4.69) is 150 Å². The summed E-state index contributed by atoms with van der Waals surface area (Å²) in [6.07, 6.45) is 4.06. The molecular weight excluding hydrogens is 554 g/mol. The third-order valence-electron chi connectivity index (χ3n) is 9.10. The number of anilines is 3. The Kier molecular flexibility index (Phi) is 7.67. The van der Waals surface area contributed by atoms with Crippen LogP contribution in [0.1, 0.15) is 102 Å². The summed E-state index contributed by atoms with van der Waals surface area (Å²) < 4.78 is 9.02. The first-order chi connectivity index (χ1) is 21.3. The normalized spacial score (nSPS) is 13.8. The van der Waals surface area contributed by atoms with Gasteiger partial charge in [-0.25, -0.2) is 4.98 Å². The highest BCUT2D eigenvalue weighted by Crippen LogP contribution is 2.42. The van der Waals surface area contributed by atoms with Gasteiger partial charge in [-0.05, 0) is 65.3 Å². The minimum Gasteiger partial charge on any atom is -0.456 e. The average molecular weight is 602 g/mol. The highest BCUT2D eigenvalue weighted by atomic mass is 16.5. The van der Waals surface area contributed by atoms with Crippen LogP contribution in [0.5, 0.6) is 11.5 Å². The standard InChI is InChI=1S/C39H47N5O/c1-25(2)35-36(26(3)4)43-23-30(22-31(37(43)41-35)39(8,9)34-20-27(18-19-40-34)38(5,6)7)45-29-15-13-14-28(21-29)44-24-42(10)32-16-11-12-17-33(32)44/h11-23,25-26H,24H2,1-10H3. The quantitative estimate of drug-likeness (QED) is 0.186. The van der Waals surface area contributed by atoms with Crippen LogP contribution in [-0.2, 0) is 10.8 Å². The van der Waals surface area contributed by atoms with Crippen LogP contribution in [-0.4, -0.2) is 28.1 Å². The molecule has 4 heterocycles. The summed E-state index contributed by atoms with van der Waals surface area (Å²) in [6, 6.07) is 23.5. The Hall–Kier alpha value is -4.32. The number of ether oxygens (including phenoxy) is 1. The number of fused-ring (bicyclic) bond motifs is 2. The maximum absolute atomic E-state index is 6.75. The summed E-state index contributed by atoms with van der Waals surface area (Å²) in [5.41, 5.74) is 9.83. The molecule has 0 atom stereocenters. The van der Waals surface area contributed by atoms with Gasteiger partial charge in [-0.15, -0.1) is 0 Å². The molecule has 0 unspecified atom stereocenters. The number of nitrogens with zero attached hydrogens (tertiary/aromatic N) is 5. The van der Waals surface area contributed by atoms with Gasteiger partial charge in [0.05, 0.1) is 35.6 Å². The molecular formula is C39H47N5O. The van der Waals surface area contributed by atoms with E-state index in [1.165, 1.54) is 22.6 Å². The minimum absolute atomic E-state index is 0.0205. The van der Waals surface area contributed by atoms with Crippen LogP contribution >= 0.6 is 0 Å². The number of hydrogen-bond acceptors (Lipinski definition) is 5. The highest BCUT2D eigenvalue weighted by Gasteiger charge is 2.32. The highest BCUT2D eigenvalue weighted by molar-refractivity contribution is 5.82. The molecule has 0 aliphatic carbocycles. The second-order valence-corrected chi connectivity index (χ2v) is 14.6. The maximum Gasteiger partial charge on any atom is 0.144 e. The van der Waals surface area contributed by atoms with Crippen molar-refractivity contribution in [1.82, 2.24) is 14.4 Å². The lowest BCUT2D eigenvalue weighted by atomic mass is 9.79. The molecule has 2 aromatic carbocycles. The summed E-state index contributed by atoms with van der Waals surface area (Å²) in [6.45, 7) is 21.0. The van der Waals surface area contributed by atoms with Gasteiger partial charge in [0.2, 0.25) is 0 Å². The van der Waals surface area contributed by atoms with Gasteiger partial charge in [0, 0.05) is 41.7 Å². The summed E-state index contributed by atoms with van der Waals surface area (Å²) in [7, 11) is 2.13. The fraction of sp³-hybridized carbons (Fsp3) is 0.385. The first kappa shape index (κ1) is 30.7. The molecule has 0 saturated carbocycles. The lowest BCUT2D eigenvalue weighted by molar-refractivity contribution is 0.475. The molecule has 1 aliphatic rings. The number of rotatable bonds is 7. The van der Waals surface area contributed by atoms with Crippen LogP contribution in [0.15, 0.2) is 79.1 Å². The van der Waals surface area contributed by atoms with E-state index < -0.39 is 5.41 Å². The van der Waals surface area contributed by atoms with E-state index in [-0.39, 0.29) is 5.41 Å². The third-order valence-corrected chi connectivity index (χ3v) is 9.10. The zero-order chi connectivity index (χ0) is 32.3. The van der Waals surface area contributed by atoms with E-state index in [1.807, 2.05) is 12.3 Å². The summed E-state index contributed by atoms with van der Waals surface area (Å²) in [5.74, 6) is 2.17. The number of pyridine rings is 2. The van der Waals surface area contributed by atoms with Crippen LogP contribution in [0, 0.1) is 0 Å². The predicted octanol–water partition coefficient (Wildman–Crippen LogP) is 9.94. The van der Waals surface area contributed by atoms with Crippen LogP contribution < -0.4 is 14.5 Å². The Labute approximate surface area is 268 Å². The Morgan fingerprint density at radius 2 is 1.53 bits per heavy atom. The Morgan fingerprint density at radius 3 is 2.22 bits per heavy atom. The molecule has 0 spiro atoms. The molecule has 0 N–H and O–H groups in total. The summed E-state index contributed by atoms with van der Waals surface area (Å²) >= 11 is 0. The van der Waals surface area contributed by atoms with E-state index in [0.717, 1.165) is 46.5 Å². The van der Waals surface area contributed by atoms with E-state index in [0.29, 0.717) is 11.8 Å². The van der Waals surface area contributed by atoms with Crippen molar-refractivity contribution >= 4 is 22.7 Å². The van der Waals surface area contributed by atoms with Crippen molar-refractivity contribution in [3.63, 3.8) is 0 Å². The van der Waals surface area contributed by atoms with Gasteiger partial charge in [0.1, 0.15) is 17.1 Å². The first-order valence-electron chi connectivity index (χ1n) is 16.1. The zero-order valence-corrected chi connectivity index (χ0v) is 28.5. The molecule has 0 saturated heterocycles. The molecule has 3 aromatic heterocycles. The molecule has 0 amide bonds. The van der Waals surface area contributed by atoms with Crippen molar-refractivity contribution in [3.8, 4) is 11.5 Å². The third kappa shape index (κ3) is 5.56. The van der Waals surface area contributed by atoms with Gasteiger partial charge in [-0.1, -0.05) is 80.5 Å². The molecule has 45 heavy (non-hydrogen) atoms. The maximum atomic E-state index is 6.75. The molecule has 234 valence electrons. The Balaban J connectivity index is 1.48. The Bertz CT molecular complexity index is 1860. The number of aromatic nitrogens is 3. The van der Waals surface area contributed by atoms with Crippen molar-refractivity contribution < 1.29 is 4.74 Å². The van der Waals surface area contributed by atoms with Crippen LogP contribution in [0.2, 0.25) is 0 Å². The second-order valence-electron chi connectivity index (χ2n) is 14.6. The van der Waals surface area contributed by atoms with Crippen molar-refractivity contribution in [2.75, 3.05) is 23.5 Å². The van der Waals surface area contributed by atoms with Gasteiger partial charge in [-0.3, -0.25) is 9.38 Å². The molecule has 6 rings (SSSR count). The second kappa shape index (κ2) is 11.2. The lowest BCUT2D eigenvalue weighted by Gasteiger charge is -2.28. The topological polar surface area (TPSA) is 45.9 Å². The van der Waals surface area contributed by atoms with Crippen molar-refractivity contribution in [3.05, 3.63) is 107 Å². The number of benzene rings is 2. The van der Waals surface area contributed by atoms with Gasteiger partial charge in [-0.2, -0.15) is 0 Å². The van der Waals surface area contributed by atoms with Crippen LogP contribution in [0.4, 0.5) is 17.1 Å². The fourth-order valence-electron chi connectivity index (χ4n) is 6.50. The lowest BCUT2D eigenvalue weighted by Crippen LogP contribution is -2.24. The van der Waals surface area contributed by atoms with Gasteiger partial charge < -0.3 is 14.5 Å². The molecule has 6 heteroatoms. The fourth-order valence-corrected chi connectivity index (χ4v) is 6.50. The molecule has 0 fully saturated rings. The van der Waals surface area contributed by atoms with Gasteiger partial charge in [0.25, 0.3) is 0 Å². The SMILES string of the molecule is CC(C)c1nc2c(C(C)(C)c3cc(C(C)(C)C)ccn3)cc(Oc3cccc(N4CN(C)c5ccccc54)c3)cn2c1C(C)C. The van der Waals surface area contributed by atoms with Gasteiger partial charge in [0.15, 0.2) is 0 Å². The van der Waals surface area contributed by atoms with Gasteiger partial charge >= 0.3 is 0 Å². The summed E-state index contributed by atoms with van der Waals surface area (Å²) in [4.78, 5) is 14.8. The monoisotopic (exact) mass is 601 g/mol. The zero-order valence-electron chi connectivity index (χ0n) is 28.5. The predicted molar refractivity (Wildman–Crippen MR) is 187 cm³/mol. The van der Waals surface area contributed by atoms with E-state index >= 15 is 0 Å². The summed E-state index contributed by atoms with van der Waals surface area (Å²) in [5, 5.41) is 0. The van der Waals surface area contributed by atoms with E-state index in [4.69, 9.17) is 14.7 Å². The van der Waals surface area contributed by atoms with Crippen molar-refractivity contribution in [2.24, 2.45) is 0 Å². The molecule has 1 aliphatic heterocycles. The average Bonchev–Trinajstić information content (AvgIpc) is 3.55. The molecule has 6 nitrogen and oxygen atoms in total. The smallest absolute Gasteiger partial charge is 0.144 e. The van der Waals surface area contributed by atoms with Crippen LogP contribution in [0.3, 0.4) is 0 Å². The number of imidazole rings is 1. The van der Waals surface area contributed by atoms with Crippen molar-refractivity contribution in [2.45, 2.75) is 85.0 Å². The number of hydrogen-bond donors (Lipinski definition) is 0. The largest absolute Gasteiger partial charge is 0.456 e. The van der Waals surface area contributed by atoms with E-state index in [1.54, 1.807) is 0 Å². The van der Waals surface area contributed by atoms with E-state index in [9.17, 15) is 0 Å². The molecule has 0 bridgehead atoms. The van der Waals surface area contributed by atoms with Crippen LogP contribution in [0.25, 0.3) is 5.65 Å². The van der Waals surface area contributed by atoms with Crippen molar-refractivity contribution in [1.29, 1.82) is 0 Å². The molecule has 0 radical (unpaired) electrons.